The SMILES string of the molecule is CCC(N)c1ccc2n1CCO2. The molecule has 1 unspecified atom stereocenters. The summed E-state index contributed by atoms with van der Waals surface area (Å²) in [4.78, 5) is 0. The molecule has 12 heavy (non-hydrogen) atoms. The first kappa shape index (κ1) is 7.68. The van der Waals surface area contributed by atoms with Crippen LogP contribution in [0.25, 0.3) is 0 Å². The molecule has 1 aliphatic heterocycles. The Kier molecular flexibility index (Phi) is 1.81. The van der Waals surface area contributed by atoms with Crippen molar-refractivity contribution in [3.63, 3.8) is 0 Å². The summed E-state index contributed by atoms with van der Waals surface area (Å²) in [5.41, 5.74) is 7.13. The van der Waals surface area contributed by atoms with Crippen molar-refractivity contribution in [1.29, 1.82) is 0 Å². The van der Waals surface area contributed by atoms with Gasteiger partial charge in [0.25, 0.3) is 0 Å². The summed E-state index contributed by atoms with van der Waals surface area (Å²) < 4.78 is 7.54. The fraction of sp³-hybridized carbons (Fsp3) is 0.556. The molecule has 0 amide bonds. The van der Waals surface area contributed by atoms with Gasteiger partial charge >= 0.3 is 0 Å². The molecule has 0 saturated heterocycles. The Morgan fingerprint density at radius 2 is 2.50 bits per heavy atom. The van der Waals surface area contributed by atoms with Gasteiger partial charge in [0, 0.05) is 17.8 Å². The minimum absolute atomic E-state index is 0.153. The molecule has 1 aromatic rings. The van der Waals surface area contributed by atoms with Crippen LogP contribution in [0.1, 0.15) is 25.1 Å². The molecule has 0 radical (unpaired) electrons. The van der Waals surface area contributed by atoms with E-state index < -0.39 is 0 Å². The van der Waals surface area contributed by atoms with Crippen molar-refractivity contribution in [1.82, 2.24) is 4.57 Å². The highest BCUT2D eigenvalue weighted by atomic mass is 16.5. The number of nitrogens with two attached hydrogens (primary N) is 1. The Labute approximate surface area is 72.1 Å². The van der Waals surface area contributed by atoms with Crippen LogP contribution in [0.2, 0.25) is 0 Å². The maximum atomic E-state index is 5.94. The normalized spacial score (nSPS) is 17.2. The molecule has 2 rings (SSSR count). The molecule has 1 aromatic heterocycles. The molecule has 0 fully saturated rings. The van der Waals surface area contributed by atoms with Crippen LogP contribution in [-0.2, 0) is 6.54 Å². The van der Waals surface area contributed by atoms with Gasteiger partial charge in [-0.3, -0.25) is 0 Å². The van der Waals surface area contributed by atoms with Crippen molar-refractivity contribution in [3.8, 4) is 5.88 Å². The van der Waals surface area contributed by atoms with Gasteiger partial charge in [0.2, 0.25) is 0 Å². The lowest BCUT2D eigenvalue weighted by atomic mass is 10.2. The van der Waals surface area contributed by atoms with Crippen molar-refractivity contribution in [3.05, 3.63) is 17.8 Å². The lowest BCUT2D eigenvalue weighted by molar-refractivity contribution is 0.357. The summed E-state index contributed by atoms with van der Waals surface area (Å²) in [6, 6.07) is 4.21. The van der Waals surface area contributed by atoms with Crippen molar-refractivity contribution >= 4 is 0 Å². The van der Waals surface area contributed by atoms with Gasteiger partial charge in [0.15, 0.2) is 5.88 Å². The number of aromatic nitrogens is 1. The quantitative estimate of drug-likeness (QED) is 0.719. The van der Waals surface area contributed by atoms with Crippen LogP contribution in [0.15, 0.2) is 12.1 Å². The van der Waals surface area contributed by atoms with Crippen LogP contribution < -0.4 is 10.5 Å². The third-order valence-electron chi connectivity index (χ3n) is 2.36. The predicted molar refractivity (Wildman–Crippen MR) is 47.1 cm³/mol. The minimum Gasteiger partial charge on any atom is -0.477 e. The summed E-state index contributed by atoms with van der Waals surface area (Å²) in [5, 5.41) is 0. The number of rotatable bonds is 2. The molecule has 0 aromatic carbocycles. The summed E-state index contributed by atoms with van der Waals surface area (Å²) in [5.74, 6) is 0.967. The Hall–Kier alpha value is -0.960. The van der Waals surface area contributed by atoms with E-state index in [9.17, 15) is 0 Å². The fourth-order valence-electron chi connectivity index (χ4n) is 1.60. The minimum atomic E-state index is 0.153. The van der Waals surface area contributed by atoms with E-state index in [1.165, 1.54) is 5.69 Å². The lowest BCUT2D eigenvalue weighted by Gasteiger charge is -2.10. The van der Waals surface area contributed by atoms with Crippen LogP contribution in [0, 0.1) is 0 Å². The number of ether oxygens (including phenoxy) is 1. The highest BCUT2D eigenvalue weighted by molar-refractivity contribution is 5.25. The molecule has 0 aliphatic carbocycles. The van der Waals surface area contributed by atoms with E-state index in [1.54, 1.807) is 0 Å². The summed E-state index contributed by atoms with van der Waals surface area (Å²) in [7, 11) is 0. The molecule has 3 heteroatoms. The number of hydrogen-bond acceptors (Lipinski definition) is 2. The van der Waals surface area contributed by atoms with Crippen molar-refractivity contribution < 1.29 is 4.74 Å². The molecule has 0 bridgehead atoms. The molecule has 2 heterocycles. The first-order chi connectivity index (χ1) is 5.83. The van der Waals surface area contributed by atoms with Gasteiger partial charge in [-0.2, -0.15) is 0 Å². The van der Waals surface area contributed by atoms with Gasteiger partial charge < -0.3 is 15.0 Å². The monoisotopic (exact) mass is 166 g/mol. The van der Waals surface area contributed by atoms with Crippen LogP contribution in [0.4, 0.5) is 0 Å². The van der Waals surface area contributed by atoms with E-state index in [2.05, 4.69) is 17.6 Å². The smallest absolute Gasteiger partial charge is 0.193 e. The fourth-order valence-corrected chi connectivity index (χ4v) is 1.60. The van der Waals surface area contributed by atoms with E-state index in [4.69, 9.17) is 10.5 Å². The van der Waals surface area contributed by atoms with Crippen molar-refractivity contribution in [2.24, 2.45) is 5.73 Å². The largest absolute Gasteiger partial charge is 0.477 e. The molecule has 3 nitrogen and oxygen atoms in total. The Balaban J connectivity index is 2.33. The van der Waals surface area contributed by atoms with Crippen LogP contribution in [0.5, 0.6) is 5.88 Å². The van der Waals surface area contributed by atoms with E-state index in [1.807, 2.05) is 6.07 Å². The molecule has 1 aliphatic rings. The zero-order valence-corrected chi connectivity index (χ0v) is 7.29. The number of fused-ring (bicyclic) bond motifs is 1. The van der Waals surface area contributed by atoms with Crippen LogP contribution in [-0.4, -0.2) is 11.2 Å². The second-order valence-electron chi connectivity index (χ2n) is 3.11. The maximum Gasteiger partial charge on any atom is 0.193 e. The first-order valence-electron chi connectivity index (χ1n) is 4.40. The van der Waals surface area contributed by atoms with E-state index in [-0.39, 0.29) is 6.04 Å². The molecular formula is C9H14N2O. The zero-order valence-electron chi connectivity index (χ0n) is 7.29. The van der Waals surface area contributed by atoms with Gasteiger partial charge in [0.05, 0.1) is 6.54 Å². The maximum absolute atomic E-state index is 5.94. The zero-order chi connectivity index (χ0) is 8.55. The highest BCUT2D eigenvalue weighted by Gasteiger charge is 2.17. The molecular weight excluding hydrogens is 152 g/mol. The molecule has 2 N–H and O–H groups in total. The molecule has 0 saturated carbocycles. The molecule has 66 valence electrons. The highest BCUT2D eigenvalue weighted by Crippen LogP contribution is 2.26. The van der Waals surface area contributed by atoms with Gasteiger partial charge in [-0.25, -0.2) is 0 Å². The predicted octanol–water partition coefficient (Wildman–Crippen LogP) is 1.29. The average molecular weight is 166 g/mol. The second kappa shape index (κ2) is 2.83. The Morgan fingerprint density at radius 1 is 1.67 bits per heavy atom. The topological polar surface area (TPSA) is 40.2 Å². The van der Waals surface area contributed by atoms with Crippen LogP contribution >= 0.6 is 0 Å². The van der Waals surface area contributed by atoms with E-state index >= 15 is 0 Å². The Bertz CT molecular complexity index is 280. The summed E-state index contributed by atoms with van der Waals surface area (Å²) in [6.07, 6.45) is 0.976. The second-order valence-corrected chi connectivity index (χ2v) is 3.11. The Morgan fingerprint density at radius 3 is 3.25 bits per heavy atom. The average Bonchev–Trinajstić information content (AvgIpc) is 2.62. The van der Waals surface area contributed by atoms with Gasteiger partial charge in [-0.05, 0) is 12.5 Å². The third kappa shape index (κ3) is 1.01. The summed E-state index contributed by atoms with van der Waals surface area (Å²) >= 11 is 0. The van der Waals surface area contributed by atoms with Gasteiger partial charge in [0.1, 0.15) is 6.61 Å². The lowest BCUT2D eigenvalue weighted by Crippen LogP contribution is -2.13. The van der Waals surface area contributed by atoms with Crippen molar-refractivity contribution in [2.45, 2.75) is 25.9 Å². The summed E-state index contributed by atoms with van der Waals surface area (Å²) in [6.45, 7) is 3.84. The number of nitrogens with zero attached hydrogens (tertiary/aromatic N) is 1. The standard InChI is InChI=1S/C9H14N2O/c1-2-7(10)8-3-4-9-11(8)5-6-12-9/h3-4,7H,2,5-6,10H2,1H3. The van der Waals surface area contributed by atoms with Gasteiger partial charge in [-0.15, -0.1) is 0 Å². The third-order valence-corrected chi connectivity index (χ3v) is 2.36. The van der Waals surface area contributed by atoms with E-state index in [0.29, 0.717) is 0 Å². The molecule has 0 spiro atoms. The number of hydrogen-bond donors (Lipinski definition) is 1. The van der Waals surface area contributed by atoms with Gasteiger partial charge in [-0.1, -0.05) is 6.92 Å². The van der Waals surface area contributed by atoms with Crippen molar-refractivity contribution in [2.75, 3.05) is 6.61 Å². The first-order valence-corrected chi connectivity index (χ1v) is 4.40. The van der Waals surface area contributed by atoms with Crippen LogP contribution in [0.3, 0.4) is 0 Å². The van der Waals surface area contributed by atoms with E-state index in [0.717, 1.165) is 25.5 Å². The molecule has 1 atom stereocenters.